The van der Waals surface area contributed by atoms with Crippen molar-refractivity contribution in [1.29, 1.82) is 0 Å². The van der Waals surface area contributed by atoms with Crippen LogP contribution < -0.4 is 4.74 Å². The Labute approximate surface area is 159 Å². The van der Waals surface area contributed by atoms with Gasteiger partial charge in [0.15, 0.2) is 6.61 Å². The van der Waals surface area contributed by atoms with Gasteiger partial charge in [0.2, 0.25) is 0 Å². The monoisotopic (exact) mass is 370 g/mol. The van der Waals surface area contributed by atoms with Crippen LogP contribution in [-0.4, -0.2) is 65.6 Å². The summed E-state index contributed by atoms with van der Waals surface area (Å²) in [7, 11) is 2.07. The number of rotatable bonds is 7. The first-order chi connectivity index (χ1) is 13.1. The molecule has 0 N–H and O–H groups in total. The van der Waals surface area contributed by atoms with Gasteiger partial charge in [0.1, 0.15) is 12.1 Å². The Morgan fingerprint density at radius 3 is 2.67 bits per heavy atom. The van der Waals surface area contributed by atoms with Crippen molar-refractivity contribution in [2.24, 2.45) is 0 Å². The molecule has 0 radical (unpaired) electrons. The summed E-state index contributed by atoms with van der Waals surface area (Å²) in [5.74, 6) is 0.702. The molecule has 1 unspecified atom stereocenters. The number of carbonyl (C=O) groups is 1. The lowest BCUT2D eigenvalue weighted by Crippen LogP contribution is -2.42. The van der Waals surface area contributed by atoms with Gasteiger partial charge in [-0.1, -0.05) is 12.1 Å². The molecule has 1 aliphatic rings. The predicted molar refractivity (Wildman–Crippen MR) is 101 cm³/mol. The van der Waals surface area contributed by atoms with Gasteiger partial charge in [-0.2, -0.15) is 0 Å². The Bertz CT molecular complexity index is 718. The van der Waals surface area contributed by atoms with Crippen LogP contribution in [0, 0.1) is 0 Å². The highest BCUT2D eigenvalue weighted by Gasteiger charge is 2.17. The van der Waals surface area contributed by atoms with Crippen LogP contribution in [0.1, 0.15) is 24.2 Å². The lowest BCUT2D eigenvalue weighted by atomic mass is 10.1. The third-order valence-corrected chi connectivity index (χ3v) is 4.78. The zero-order valence-electron chi connectivity index (χ0n) is 15.9. The molecule has 1 saturated heterocycles. The van der Waals surface area contributed by atoms with Crippen molar-refractivity contribution in [3.05, 3.63) is 54.1 Å². The van der Waals surface area contributed by atoms with Crippen LogP contribution in [0.3, 0.4) is 0 Å². The standard InChI is InChI=1S/C20H26N4O3/c1-16(19-7-8-21-15-22-19)23(2)13-17-3-5-18(6-4-17)27-14-20(25)24-9-11-26-12-10-24/h3-8,15-16H,9-14H2,1-2H3. The lowest BCUT2D eigenvalue weighted by Gasteiger charge is -2.26. The molecule has 1 atom stereocenters. The first-order valence-electron chi connectivity index (χ1n) is 9.17. The third kappa shape index (κ3) is 5.48. The largest absolute Gasteiger partial charge is 0.484 e. The number of aromatic nitrogens is 2. The van der Waals surface area contributed by atoms with Crippen LogP contribution in [0.25, 0.3) is 0 Å². The summed E-state index contributed by atoms with van der Waals surface area (Å²) in [6, 6.07) is 9.99. The van der Waals surface area contributed by atoms with Crippen LogP contribution in [0.15, 0.2) is 42.9 Å². The number of ether oxygens (including phenoxy) is 2. The van der Waals surface area contributed by atoms with Crippen molar-refractivity contribution >= 4 is 5.91 Å². The van der Waals surface area contributed by atoms with E-state index in [-0.39, 0.29) is 18.6 Å². The van der Waals surface area contributed by atoms with Gasteiger partial charge in [-0.25, -0.2) is 9.97 Å². The second-order valence-corrected chi connectivity index (χ2v) is 6.65. The molecule has 144 valence electrons. The van der Waals surface area contributed by atoms with E-state index in [9.17, 15) is 4.79 Å². The summed E-state index contributed by atoms with van der Waals surface area (Å²) in [6.45, 7) is 5.44. The quantitative estimate of drug-likeness (QED) is 0.742. The van der Waals surface area contributed by atoms with Gasteiger partial charge in [0, 0.05) is 31.9 Å². The van der Waals surface area contributed by atoms with Gasteiger partial charge >= 0.3 is 0 Å². The first kappa shape index (κ1) is 19.3. The Morgan fingerprint density at radius 2 is 2.00 bits per heavy atom. The minimum Gasteiger partial charge on any atom is -0.484 e. The SMILES string of the molecule is CC(c1ccncn1)N(C)Cc1ccc(OCC(=O)N2CCOCC2)cc1. The van der Waals surface area contributed by atoms with Crippen molar-refractivity contribution in [2.45, 2.75) is 19.5 Å². The second-order valence-electron chi connectivity index (χ2n) is 6.65. The van der Waals surface area contributed by atoms with Crippen LogP contribution in [-0.2, 0) is 16.1 Å². The van der Waals surface area contributed by atoms with Crippen LogP contribution in [0.2, 0.25) is 0 Å². The van der Waals surface area contributed by atoms with E-state index in [1.54, 1.807) is 17.4 Å². The van der Waals surface area contributed by atoms with Gasteiger partial charge in [-0.15, -0.1) is 0 Å². The normalized spacial score (nSPS) is 15.6. The zero-order chi connectivity index (χ0) is 19.1. The highest BCUT2D eigenvalue weighted by atomic mass is 16.5. The van der Waals surface area contributed by atoms with Crippen LogP contribution in [0.4, 0.5) is 0 Å². The van der Waals surface area contributed by atoms with E-state index < -0.39 is 0 Å². The number of benzene rings is 1. The van der Waals surface area contributed by atoms with Gasteiger partial charge in [-0.05, 0) is 37.7 Å². The number of morpholine rings is 1. The molecule has 0 aliphatic carbocycles. The van der Waals surface area contributed by atoms with Gasteiger partial charge < -0.3 is 14.4 Å². The molecule has 0 bridgehead atoms. The van der Waals surface area contributed by atoms with Crippen molar-refractivity contribution < 1.29 is 14.3 Å². The van der Waals surface area contributed by atoms with E-state index in [4.69, 9.17) is 9.47 Å². The third-order valence-electron chi connectivity index (χ3n) is 4.78. The highest BCUT2D eigenvalue weighted by molar-refractivity contribution is 5.77. The smallest absolute Gasteiger partial charge is 0.260 e. The van der Waals surface area contributed by atoms with Crippen molar-refractivity contribution in [3.8, 4) is 5.75 Å². The lowest BCUT2D eigenvalue weighted by molar-refractivity contribution is -0.137. The van der Waals surface area contributed by atoms with E-state index in [1.807, 2.05) is 30.3 Å². The summed E-state index contributed by atoms with van der Waals surface area (Å²) in [6.07, 6.45) is 3.33. The van der Waals surface area contributed by atoms with Gasteiger partial charge in [-0.3, -0.25) is 9.69 Å². The summed E-state index contributed by atoms with van der Waals surface area (Å²) < 4.78 is 10.9. The fraction of sp³-hybridized carbons (Fsp3) is 0.450. The molecule has 2 heterocycles. The Kier molecular flexibility index (Phi) is 6.73. The zero-order valence-corrected chi connectivity index (χ0v) is 15.9. The highest BCUT2D eigenvalue weighted by Crippen LogP contribution is 2.19. The molecule has 1 aromatic carbocycles. The number of nitrogens with zero attached hydrogens (tertiary/aromatic N) is 4. The van der Waals surface area contributed by atoms with Crippen molar-refractivity contribution in [2.75, 3.05) is 40.0 Å². The second kappa shape index (κ2) is 9.43. The Morgan fingerprint density at radius 1 is 1.26 bits per heavy atom. The Balaban J connectivity index is 1.48. The fourth-order valence-electron chi connectivity index (χ4n) is 2.94. The first-order valence-corrected chi connectivity index (χ1v) is 9.17. The summed E-state index contributed by atoms with van der Waals surface area (Å²) in [4.78, 5) is 24.4. The average Bonchev–Trinajstić information content (AvgIpc) is 2.73. The van der Waals surface area contributed by atoms with E-state index in [1.165, 1.54) is 5.56 Å². The maximum absolute atomic E-state index is 12.1. The molecule has 27 heavy (non-hydrogen) atoms. The van der Waals surface area contributed by atoms with Gasteiger partial charge in [0.05, 0.1) is 18.9 Å². The molecule has 0 spiro atoms. The molecule has 3 rings (SSSR count). The van der Waals surface area contributed by atoms with Crippen LogP contribution in [0.5, 0.6) is 5.75 Å². The molecule has 2 aromatic rings. The minimum atomic E-state index is 0.000727. The molecule has 7 heteroatoms. The van der Waals surface area contributed by atoms with Crippen molar-refractivity contribution in [1.82, 2.24) is 19.8 Å². The molecule has 7 nitrogen and oxygen atoms in total. The molecule has 1 aliphatic heterocycles. The molecular weight excluding hydrogens is 344 g/mol. The molecule has 1 aromatic heterocycles. The van der Waals surface area contributed by atoms with E-state index >= 15 is 0 Å². The number of hydrogen-bond acceptors (Lipinski definition) is 6. The van der Waals surface area contributed by atoms with Crippen LogP contribution >= 0.6 is 0 Å². The molecule has 1 fully saturated rings. The molecule has 1 amide bonds. The summed E-state index contributed by atoms with van der Waals surface area (Å²) in [5, 5.41) is 0. The number of amides is 1. The minimum absolute atomic E-state index is 0.000727. The fourth-order valence-corrected chi connectivity index (χ4v) is 2.94. The predicted octanol–water partition coefficient (Wildman–Crippen LogP) is 1.91. The Hall–Kier alpha value is -2.51. The summed E-state index contributed by atoms with van der Waals surface area (Å²) in [5.41, 5.74) is 2.17. The average molecular weight is 370 g/mol. The maximum atomic E-state index is 12.1. The van der Waals surface area contributed by atoms with E-state index in [2.05, 4.69) is 28.8 Å². The molecule has 0 saturated carbocycles. The summed E-state index contributed by atoms with van der Waals surface area (Å²) >= 11 is 0. The molecular formula is C20H26N4O3. The number of hydrogen-bond donors (Lipinski definition) is 0. The van der Waals surface area contributed by atoms with Gasteiger partial charge in [0.25, 0.3) is 5.91 Å². The maximum Gasteiger partial charge on any atom is 0.260 e. The topological polar surface area (TPSA) is 67.8 Å². The van der Waals surface area contributed by atoms with Crippen molar-refractivity contribution in [3.63, 3.8) is 0 Å². The van der Waals surface area contributed by atoms with E-state index in [0.717, 1.165) is 12.2 Å². The van der Waals surface area contributed by atoms with E-state index in [0.29, 0.717) is 32.1 Å². The number of carbonyl (C=O) groups excluding carboxylic acids is 1.